The highest BCUT2D eigenvalue weighted by Gasteiger charge is 2.16. The van der Waals surface area contributed by atoms with Crippen LogP contribution in [0.4, 0.5) is 0 Å². The molecule has 0 aliphatic carbocycles. The SMILES string of the molecule is CCN(Cc1ccccc1)C(=O)c1cccc(C(=O)NCc2cccnc2)c1. The van der Waals surface area contributed by atoms with E-state index in [0.717, 1.165) is 11.1 Å². The van der Waals surface area contributed by atoms with Gasteiger partial charge < -0.3 is 10.2 Å². The molecular weight excluding hydrogens is 350 g/mol. The number of rotatable bonds is 7. The van der Waals surface area contributed by atoms with Gasteiger partial charge in [0.25, 0.3) is 11.8 Å². The second kappa shape index (κ2) is 9.46. The van der Waals surface area contributed by atoms with Gasteiger partial charge in [0.15, 0.2) is 0 Å². The lowest BCUT2D eigenvalue weighted by Gasteiger charge is -2.21. The molecular formula is C23H23N3O2. The number of carbonyl (C=O) groups excluding carboxylic acids is 2. The van der Waals surface area contributed by atoms with Crippen molar-refractivity contribution in [3.05, 3.63) is 101 Å². The van der Waals surface area contributed by atoms with Crippen LogP contribution in [0.3, 0.4) is 0 Å². The van der Waals surface area contributed by atoms with E-state index in [1.807, 2.05) is 49.4 Å². The zero-order valence-corrected chi connectivity index (χ0v) is 15.8. The number of hydrogen-bond donors (Lipinski definition) is 1. The van der Waals surface area contributed by atoms with Gasteiger partial charge in [-0.25, -0.2) is 0 Å². The van der Waals surface area contributed by atoms with E-state index in [1.54, 1.807) is 41.6 Å². The molecule has 0 aliphatic heterocycles. The second-order valence-electron chi connectivity index (χ2n) is 6.43. The lowest BCUT2D eigenvalue weighted by atomic mass is 10.1. The maximum atomic E-state index is 12.9. The van der Waals surface area contributed by atoms with Crippen molar-refractivity contribution in [2.24, 2.45) is 0 Å². The van der Waals surface area contributed by atoms with Crippen LogP contribution in [0.25, 0.3) is 0 Å². The largest absolute Gasteiger partial charge is 0.348 e. The van der Waals surface area contributed by atoms with Crippen molar-refractivity contribution in [3.8, 4) is 0 Å². The summed E-state index contributed by atoms with van der Waals surface area (Å²) in [5.74, 6) is -0.308. The fourth-order valence-electron chi connectivity index (χ4n) is 2.89. The van der Waals surface area contributed by atoms with E-state index in [4.69, 9.17) is 0 Å². The number of carbonyl (C=O) groups is 2. The Morgan fingerprint density at radius 1 is 0.929 bits per heavy atom. The molecule has 2 aromatic carbocycles. The Morgan fingerprint density at radius 3 is 2.39 bits per heavy atom. The first kappa shape index (κ1) is 19.3. The predicted molar refractivity (Wildman–Crippen MR) is 109 cm³/mol. The molecule has 1 N–H and O–H groups in total. The van der Waals surface area contributed by atoms with Crippen LogP contribution in [0, 0.1) is 0 Å². The zero-order valence-electron chi connectivity index (χ0n) is 15.8. The lowest BCUT2D eigenvalue weighted by molar-refractivity contribution is 0.0752. The highest BCUT2D eigenvalue weighted by molar-refractivity contribution is 5.99. The van der Waals surface area contributed by atoms with Gasteiger partial charge in [-0.05, 0) is 42.3 Å². The van der Waals surface area contributed by atoms with Crippen LogP contribution in [-0.4, -0.2) is 28.2 Å². The average molecular weight is 373 g/mol. The summed E-state index contributed by atoms with van der Waals surface area (Å²) >= 11 is 0. The van der Waals surface area contributed by atoms with E-state index in [0.29, 0.717) is 30.8 Å². The third-order valence-electron chi connectivity index (χ3n) is 4.43. The summed E-state index contributed by atoms with van der Waals surface area (Å²) < 4.78 is 0. The second-order valence-corrected chi connectivity index (χ2v) is 6.43. The number of nitrogens with one attached hydrogen (secondary N) is 1. The Labute approximate surface area is 165 Å². The summed E-state index contributed by atoms with van der Waals surface area (Å²) in [4.78, 5) is 31.2. The molecule has 2 amide bonds. The summed E-state index contributed by atoms with van der Waals surface area (Å²) in [6.07, 6.45) is 3.40. The molecule has 0 saturated carbocycles. The standard InChI is InChI=1S/C23H23N3O2/c1-2-26(17-18-8-4-3-5-9-18)23(28)21-12-6-11-20(14-21)22(27)25-16-19-10-7-13-24-15-19/h3-15H,2,16-17H2,1H3,(H,25,27). The van der Waals surface area contributed by atoms with Crippen molar-refractivity contribution in [2.75, 3.05) is 6.54 Å². The number of pyridine rings is 1. The Morgan fingerprint density at radius 2 is 1.68 bits per heavy atom. The van der Waals surface area contributed by atoms with Crippen molar-refractivity contribution >= 4 is 11.8 Å². The molecule has 5 nitrogen and oxygen atoms in total. The van der Waals surface area contributed by atoms with E-state index in [9.17, 15) is 9.59 Å². The van der Waals surface area contributed by atoms with Gasteiger partial charge in [0.2, 0.25) is 0 Å². The third-order valence-corrected chi connectivity index (χ3v) is 4.43. The number of benzene rings is 2. The fraction of sp³-hybridized carbons (Fsp3) is 0.174. The van der Waals surface area contributed by atoms with E-state index in [1.165, 1.54) is 0 Å². The van der Waals surface area contributed by atoms with Crippen molar-refractivity contribution in [1.29, 1.82) is 0 Å². The minimum absolute atomic E-state index is 0.0896. The number of hydrogen-bond acceptors (Lipinski definition) is 3. The van der Waals surface area contributed by atoms with Crippen LogP contribution < -0.4 is 5.32 Å². The smallest absolute Gasteiger partial charge is 0.254 e. The van der Waals surface area contributed by atoms with Gasteiger partial charge in [0.1, 0.15) is 0 Å². The summed E-state index contributed by atoms with van der Waals surface area (Å²) in [7, 11) is 0. The monoisotopic (exact) mass is 373 g/mol. The molecule has 3 rings (SSSR count). The maximum Gasteiger partial charge on any atom is 0.254 e. The summed E-state index contributed by atoms with van der Waals surface area (Å²) in [5.41, 5.74) is 2.96. The molecule has 1 aromatic heterocycles. The fourth-order valence-corrected chi connectivity index (χ4v) is 2.89. The average Bonchev–Trinajstić information content (AvgIpc) is 2.77. The predicted octanol–water partition coefficient (Wildman–Crippen LogP) is 3.67. The molecule has 3 aromatic rings. The highest BCUT2D eigenvalue weighted by Crippen LogP contribution is 2.12. The van der Waals surface area contributed by atoms with Gasteiger partial charge in [-0.2, -0.15) is 0 Å². The van der Waals surface area contributed by atoms with Crippen molar-refractivity contribution in [3.63, 3.8) is 0 Å². The molecule has 0 radical (unpaired) electrons. The molecule has 28 heavy (non-hydrogen) atoms. The molecule has 142 valence electrons. The molecule has 0 fully saturated rings. The van der Waals surface area contributed by atoms with Gasteiger partial charge in [-0.3, -0.25) is 14.6 Å². The first-order chi connectivity index (χ1) is 13.7. The molecule has 0 atom stereocenters. The highest BCUT2D eigenvalue weighted by atomic mass is 16.2. The van der Waals surface area contributed by atoms with Crippen molar-refractivity contribution < 1.29 is 9.59 Å². The Balaban J connectivity index is 1.68. The number of nitrogens with zero attached hydrogens (tertiary/aromatic N) is 2. The van der Waals surface area contributed by atoms with Gasteiger partial charge >= 0.3 is 0 Å². The Bertz CT molecular complexity index is 927. The topological polar surface area (TPSA) is 62.3 Å². The van der Waals surface area contributed by atoms with Crippen LogP contribution in [-0.2, 0) is 13.1 Å². The van der Waals surface area contributed by atoms with E-state index in [-0.39, 0.29) is 11.8 Å². The van der Waals surface area contributed by atoms with Crippen LogP contribution in [0.2, 0.25) is 0 Å². The number of amides is 2. The van der Waals surface area contributed by atoms with Crippen LogP contribution in [0.5, 0.6) is 0 Å². The van der Waals surface area contributed by atoms with Gasteiger partial charge in [0.05, 0.1) is 0 Å². The van der Waals surface area contributed by atoms with Crippen molar-refractivity contribution in [1.82, 2.24) is 15.2 Å². The summed E-state index contributed by atoms with van der Waals surface area (Å²) in [6, 6.07) is 20.4. The summed E-state index contributed by atoms with van der Waals surface area (Å²) in [5, 5.41) is 2.86. The van der Waals surface area contributed by atoms with E-state index in [2.05, 4.69) is 10.3 Å². The van der Waals surface area contributed by atoms with E-state index >= 15 is 0 Å². The first-order valence-electron chi connectivity index (χ1n) is 9.27. The quantitative estimate of drug-likeness (QED) is 0.687. The lowest BCUT2D eigenvalue weighted by Crippen LogP contribution is -2.30. The Kier molecular flexibility index (Phi) is 6.52. The molecule has 0 saturated heterocycles. The molecule has 5 heteroatoms. The van der Waals surface area contributed by atoms with Crippen LogP contribution in [0.1, 0.15) is 38.8 Å². The normalized spacial score (nSPS) is 10.3. The molecule has 0 aliphatic rings. The van der Waals surface area contributed by atoms with Crippen molar-refractivity contribution in [2.45, 2.75) is 20.0 Å². The molecule has 1 heterocycles. The molecule has 0 spiro atoms. The molecule has 0 unspecified atom stereocenters. The van der Waals surface area contributed by atoms with E-state index < -0.39 is 0 Å². The third kappa shape index (κ3) is 5.04. The molecule has 0 bridgehead atoms. The maximum absolute atomic E-state index is 12.9. The van der Waals surface area contributed by atoms with Gasteiger partial charge in [0, 0.05) is 43.2 Å². The van der Waals surface area contributed by atoms with Gasteiger partial charge in [-0.1, -0.05) is 42.5 Å². The minimum atomic E-state index is -0.218. The van der Waals surface area contributed by atoms with Crippen LogP contribution >= 0.6 is 0 Å². The zero-order chi connectivity index (χ0) is 19.8. The Hall–Kier alpha value is -3.47. The summed E-state index contributed by atoms with van der Waals surface area (Å²) in [6.45, 7) is 3.46. The number of aromatic nitrogens is 1. The van der Waals surface area contributed by atoms with Gasteiger partial charge in [-0.15, -0.1) is 0 Å². The van der Waals surface area contributed by atoms with Crippen LogP contribution in [0.15, 0.2) is 79.1 Å². The first-order valence-corrected chi connectivity index (χ1v) is 9.27. The minimum Gasteiger partial charge on any atom is -0.348 e.